The van der Waals surface area contributed by atoms with Crippen molar-refractivity contribution in [1.82, 2.24) is 10.3 Å². The second kappa shape index (κ2) is 6.66. The molecule has 0 fully saturated rings. The van der Waals surface area contributed by atoms with E-state index in [4.69, 9.17) is 11.6 Å². The molecule has 0 aliphatic carbocycles. The van der Waals surface area contributed by atoms with Crippen LogP contribution in [0.15, 0.2) is 17.5 Å². The van der Waals surface area contributed by atoms with Gasteiger partial charge in [-0.05, 0) is 32.0 Å². The predicted molar refractivity (Wildman–Crippen MR) is 81.1 cm³/mol. The third kappa shape index (κ3) is 4.05. The van der Waals surface area contributed by atoms with Crippen LogP contribution in [-0.4, -0.2) is 17.6 Å². The van der Waals surface area contributed by atoms with Gasteiger partial charge in [-0.3, -0.25) is 0 Å². The van der Waals surface area contributed by atoms with E-state index in [0.717, 1.165) is 28.7 Å². The highest BCUT2D eigenvalue weighted by molar-refractivity contribution is 7.16. The molecule has 2 nitrogen and oxygen atoms in total. The largest absolute Gasteiger partial charge is 0.314 e. The predicted octanol–water partition coefficient (Wildman–Crippen LogP) is 3.93. The highest BCUT2D eigenvalue weighted by Gasteiger charge is 2.12. The van der Waals surface area contributed by atoms with E-state index in [2.05, 4.69) is 35.6 Å². The van der Waals surface area contributed by atoms with E-state index in [-0.39, 0.29) is 0 Å². The van der Waals surface area contributed by atoms with E-state index in [1.165, 1.54) is 10.6 Å². The van der Waals surface area contributed by atoms with E-state index in [0.29, 0.717) is 6.04 Å². The molecule has 0 saturated carbocycles. The van der Waals surface area contributed by atoms with Crippen LogP contribution >= 0.6 is 34.3 Å². The molecule has 0 radical (unpaired) electrons. The molecular formula is C13H17ClN2S2. The van der Waals surface area contributed by atoms with E-state index in [1.807, 2.05) is 6.07 Å². The summed E-state index contributed by atoms with van der Waals surface area (Å²) in [5.41, 5.74) is 1.19. The monoisotopic (exact) mass is 300 g/mol. The van der Waals surface area contributed by atoms with Crippen LogP contribution in [0.5, 0.6) is 0 Å². The minimum atomic E-state index is 0.436. The molecule has 0 spiro atoms. The van der Waals surface area contributed by atoms with Gasteiger partial charge in [0.15, 0.2) is 0 Å². The minimum Gasteiger partial charge on any atom is -0.314 e. The van der Waals surface area contributed by atoms with Crippen LogP contribution in [0, 0.1) is 6.92 Å². The fourth-order valence-electron chi connectivity index (χ4n) is 1.96. The zero-order valence-electron chi connectivity index (χ0n) is 10.6. The number of nitrogens with one attached hydrogen (secondary N) is 1. The lowest BCUT2D eigenvalue weighted by molar-refractivity contribution is 0.520. The topological polar surface area (TPSA) is 24.9 Å². The molecule has 1 N–H and O–H groups in total. The van der Waals surface area contributed by atoms with Crippen molar-refractivity contribution in [1.29, 1.82) is 0 Å². The summed E-state index contributed by atoms with van der Waals surface area (Å²) in [6.07, 6.45) is 2.00. The summed E-state index contributed by atoms with van der Waals surface area (Å²) in [5, 5.41) is 6.82. The molecule has 0 amide bonds. The van der Waals surface area contributed by atoms with Crippen molar-refractivity contribution in [3.63, 3.8) is 0 Å². The molecule has 18 heavy (non-hydrogen) atoms. The number of hydrogen-bond acceptors (Lipinski definition) is 4. The molecule has 98 valence electrons. The number of thiophene rings is 1. The molecule has 2 rings (SSSR count). The van der Waals surface area contributed by atoms with Crippen molar-refractivity contribution < 1.29 is 0 Å². The molecule has 2 aromatic rings. The smallest absolute Gasteiger partial charge is 0.0931 e. The SMILES string of the molecule is CCNC(Cc1csc(C)n1)Cc1ccc(Cl)s1. The van der Waals surface area contributed by atoms with E-state index in [9.17, 15) is 0 Å². The summed E-state index contributed by atoms with van der Waals surface area (Å²) < 4.78 is 0.866. The fourth-order valence-corrected chi connectivity index (χ4v) is 3.76. The van der Waals surface area contributed by atoms with Crippen molar-refractivity contribution in [3.05, 3.63) is 37.4 Å². The van der Waals surface area contributed by atoms with Gasteiger partial charge in [-0.2, -0.15) is 0 Å². The third-order valence-electron chi connectivity index (χ3n) is 2.69. The molecule has 0 aliphatic rings. The molecule has 0 bridgehead atoms. The summed E-state index contributed by atoms with van der Waals surface area (Å²) in [6.45, 7) is 5.17. The van der Waals surface area contributed by atoms with Gasteiger partial charge >= 0.3 is 0 Å². The summed E-state index contributed by atoms with van der Waals surface area (Å²) in [5.74, 6) is 0. The Hall–Kier alpha value is -0.420. The van der Waals surface area contributed by atoms with Crippen molar-refractivity contribution in [3.8, 4) is 0 Å². The van der Waals surface area contributed by atoms with Crippen molar-refractivity contribution in [2.75, 3.05) is 6.54 Å². The lowest BCUT2D eigenvalue weighted by Gasteiger charge is -2.15. The van der Waals surface area contributed by atoms with Crippen LogP contribution in [0.4, 0.5) is 0 Å². The fraction of sp³-hybridized carbons (Fsp3) is 0.462. The minimum absolute atomic E-state index is 0.436. The first-order valence-corrected chi connectivity index (χ1v) is 8.13. The number of aromatic nitrogens is 1. The standard InChI is InChI=1S/C13H17ClN2S2/c1-3-15-10(6-11-8-17-9(2)16-11)7-12-4-5-13(14)18-12/h4-5,8,10,15H,3,6-7H2,1-2H3. The molecule has 2 aromatic heterocycles. The quantitative estimate of drug-likeness (QED) is 0.874. The van der Waals surface area contributed by atoms with Gasteiger partial charge in [-0.15, -0.1) is 22.7 Å². The van der Waals surface area contributed by atoms with Crippen molar-refractivity contribution in [2.45, 2.75) is 32.7 Å². The van der Waals surface area contributed by atoms with Gasteiger partial charge in [0.1, 0.15) is 0 Å². The number of hydrogen-bond donors (Lipinski definition) is 1. The summed E-state index contributed by atoms with van der Waals surface area (Å²) in [6, 6.07) is 4.52. The Balaban J connectivity index is 1.99. The average molecular weight is 301 g/mol. The zero-order valence-corrected chi connectivity index (χ0v) is 13.0. The average Bonchev–Trinajstić information content (AvgIpc) is 2.89. The number of nitrogens with zero attached hydrogens (tertiary/aromatic N) is 1. The molecule has 0 saturated heterocycles. The number of rotatable bonds is 6. The molecule has 2 heterocycles. The lowest BCUT2D eigenvalue weighted by atomic mass is 10.1. The maximum atomic E-state index is 5.97. The van der Waals surface area contributed by atoms with Gasteiger partial charge < -0.3 is 5.32 Å². The number of thiazole rings is 1. The first-order valence-electron chi connectivity index (χ1n) is 6.06. The first-order chi connectivity index (χ1) is 8.67. The number of halogens is 1. The van der Waals surface area contributed by atoms with Crippen LogP contribution < -0.4 is 5.32 Å². The normalized spacial score (nSPS) is 12.8. The van der Waals surface area contributed by atoms with E-state index >= 15 is 0 Å². The molecule has 1 unspecified atom stereocenters. The molecule has 1 atom stereocenters. The van der Waals surface area contributed by atoms with Crippen molar-refractivity contribution in [2.24, 2.45) is 0 Å². The second-order valence-electron chi connectivity index (χ2n) is 4.23. The Morgan fingerprint density at radius 1 is 1.39 bits per heavy atom. The van der Waals surface area contributed by atoms with Crippen molar-refractivity contribution >= 4 is 34.3 Å². The van der Waals surface area contributed by atoms with Gasteiger partial charge in [0.05, 0.1) is 15.0 Å². The van der Waals surface area contributed by atoms with E-state index < -0.39 is 0 Å². The molecular weight excluding hydrogens is 284 g/mol. The highest BCUT2D eigenvalue weighted by atomic mass is 35.5. The summed E-state index contributed by atoms with van der Waals surface area (Å²) in [4.78, 5) is 5.87. The van der Waals surface area contributed by atoms with Crippen LogP contribution in [0.3, 0.4) is 0 Å². The lowest BCUT2D eigenvalue weighted by Crippen LogP contribution is -2.32. The first kappa shape index (κ1) is 14.0. The number of aryl methyl sites for hydroxylation is 1. The van der Waals surface area contributed by atoms with Crippen LogP contribution in [0.2, 0.25) is 4.34 Å². The van der Waals surface area contributed by atoms with Crippen LogP contribution in [-0.2, 0) is 12.8 Å². The van der Waals surface area contributed by atoms with Gasteiger partial charge in [0.25, 0.3) is 0 Å². The molecule has 0 aromatic carbocycles. The Bertz CT molecular complexity index is 450. The highest BCUT2D eigenvalue weighted by Crippen LogP contribution is 2.23. The second-order valence-corrected chi connectivity index (χ2v) is 7.09. The van der Waals surface area contributed by atoms with Gasteiger partial charge in [0.2, 0.25) is 0 Å². The maximum Gasteiger partial charge on any atom is 0.0931 e. The number of likely N-dealkylation sites (N-methyl/N-ethyl adjacent to an activating group) is 1. The Labute approximate surface area is 121 Å². The maximum absolute atomic E-state index is 5.97. The van der Waals surface area contributed by atoms with Crippen LogP contribution in [0.25, 0.3) is 0 Å². The molecule has 0 aliphatic heterocycles. The van der Waals surface area contributed by atoms with Gasteiger partial charge in [-0.25, -0.2) is 4.98 Å². The van der Waals surface area contributed by atoms with Gasteiger partial charge in [0, 0.05) is 22.7 Å². The summed E-state index contributed by atoms with van der Waals surface area (Å²) >= 11 is 9.35. The Morgan fingerprint density at radius 2 is 2.22 bits per heavy atom. The summed E-state index contributed by atoms with van der Waals surface area (Å²) in [7, 11) is 0. The van der Waals surface area contributed by atoms with Gasteiger partial charge in [-0.1, -0.05) is 18.5 Å². The Morgan fingerprint density at radius 3 is 2.78 bits per heavy atom. The van der Waals surface area contributed by atoms with E-state index in [1.54, 1.807) is 22.7 Å². The molecule has 5 heteroatoms. The zero-order chi connectivity index (χ0) is 13.0. The third-order valence-corrected chi connectivity index (χ3v) is 4.77. The van der Waals surface area contributed by atoms with Crippen LogP contribution in [0.1, 0.15) is 22.5 Å². The Kier molecular flexibility index (Phi) is 5.18.